The monoisotopic (exact) mass is 290 g/mol. The molecule has 1 saturated heterocycles. The zero-order chi connectivity index (χ0) is 15.2. The minimum absolute atomic E-state index is 0.152. The molecule has 4 nitrogen and oxygen atoms in total. The number of anilines is 1. The fourth-order valence-electron chi connectivity index (χ4n) is 2.85. The predicted molar refractivity (Wildman–Crippen MR) is 85.8 cm³/mol. The van der Waals surface area contributed by atoms with Gasteiger partial charge in [-0.3, -0.25) is 4.79 Å². The van der Waals surface area contributed by atoms with E-state index < -0.39 is 0 Å². The molecule has 1 heterocycles. The van der Waals surface area contributed by atoms with Gasteiger partial charge in [-0.1, -0.05) is 0 Å². The lowest BCUT2D eigenvalue weighted by molar-refractivity contribution is 0.0635. The lowest BCUT2D eigenvalue weighted by atomic mass is 10.0. The van der Waals surface area contributed by atoms with Gasteiger partial charge in [0.25, 0.3) is 5.91 Å². The van der Waals surface area contributed by atoms with Gasteiger partial charge in [0.15, 0.2) is 0 Å². The van der Waals surface area contributed by atoms with Crippen LogP contribution in [0.5, 0.6) is 0 Å². The minimum Gasteiger partial charge on any atom is -0.383 e. The number of methoxy groups -OCH3 is 1. The standard InChI is InChI=1S/C17H26N2O2/c1-13(12-21-3)18-16-9-7-15(8-10-16)17(20)19-11-5-4-6-14(19)2/h7-10,13-14,18H,4-6,11-12H2,1-3H3/t13-,14-/m0/s1. The van der Waals surface area contributed by atoms with Crippen LogP contribution in [0.15, 0.2) is 24.3 Å². The second-order valence-corrected chi connectivity index (χ2v) is 5.92. The molecule has 0 saturated carbocycles. The van der Waals surface area contributed by atoms with Gasteiger partial charge in [-0.15, -0.1) is 0 Å². The molecule has 0 spiro atoms. The largest absolute Gasteiger partial charge is 0.383 e. The second-order valence-electron chi connectivity index (χ2n) is 5.92. The summed E-state index contributed by atoms with van der Waals surface area (Å²) in [5.41, 5.74) is 1.79. The average Bonchev–Trinajstić information content (AvgIpc) is 2.48. The van der Waals surface area contributed by atoms with Gasteiger partial charge in [-0.05, 0) is 57.4 Å². The van der Waals surface area contributed by atoms with Crippen molar-refractivity contribution in [1.29, 1.82) is 0 Å². The number of ether oxygens (including phenoxy) is 1. The third kappa shape index (κ3) is 4.21. The molecule has 116 valence electrons. The predicted octanol–water partition coefficient (Wildman–Crippen LogP) is 3.15. The zero-order valence-corrected chi connectivity index (χ0v) is 13.3. The molecule has 1 fully saturated rings. The van der Waals surface area contributed by atoms with Crippen LogP contribution >= 0.6 is 0 Å². The number of carbonyl (C=O) groups excluding carboxylic acids is 1. The van der Waals surface area contributed by atoms with E-state index in [0.717, 1.165) is 30.6 Å². The van der Waals surface area contributed by atoms with E-state index in [0.29, 0.717) is 12.6 Å². The lowest BCUT2D eigenvalue weighted by Crippen LogP contribution is -2.42. The Morgan fingerprint density at radius 1 is 1.38 bits per heavy atom. The van der Waals surface area contributed by atoms with E-state index in [2.05, 4.69) is 19.2 Å². The third-order valence-electron chi connectivity index (χ3n) is 4.03. The van der Waals surface area contributed by atoms with E-state index >= 15 is 0 Å². The Hall–Kier alpha value is -1.55. The van der Waals surface area contributed by atoms with Crippen LogP contribution in [0, 0.1) is 0 Å². The molecular weight excluding hydrogens is 264 g/mol. The quantitative estimate of drug-likeness (QED) is 0.905. The summed E-state index contributed by atoms with van der Waals surface area (Å²) in [6.07, 6.45) is 3.45. The molecule has 1 amide bonds. The van der Waals surface area contributed by atoms with Gasteiger partial charge in [0, 0.05) is 37.0 Å². The molecule has 4 heteroatoms. The van der Waals surface area contributed by atoms with Crippen LogP contribution in [0.4, 0.5) is 5.69 Å². The van der Waals surface area contributed by atoms with Crippen molar-refractivity contribution in [3.8, 4) is 0 Å². The number of amides is 1. The second kappa shape index (κ2) is 7.46. The van der Waals surface area contributed by atoms with Crippen molar-refractivity contribution < 1.29 is 9.53 Å². The number of rotatable bonds is 5. The summed E-state index contributed by atoms with van der Waals surface area (Å²) >= 11 is 0. The summed E-state index contributed by atoms with van der Waals surface area (Å²) in [4.78, 5) is 14.5. The van der Waals surface area contributed by atoms with Crippen LogP contribution in [0.3, 0.4) is 0 Å². The summed E-state index contributed by atoms with van der Waals surface area (Å²) in [6, 6.07) is 8.35. The molecule has 21 heavy (non-hydrogen) atoms. The van der Waals surface area contributed by atoms with Crippen LogP contribution < -0.4 is 5.32 Å². The molecular formula is C17H26N2O2. The number of nitrogens with one attached hydrogen (secondary N) is 1. The number of hydrogen-bond acceptors (Lipinski definition) is 3. The number of carbonyl (C=O) groups is 1. The van der Waals surface area contributed by atoms with E-state index in [-0.39, 0.29) is 11.9 Å². The Morgan fingerprint density at radius 2 is 2.10 bits per heavy atom. The van der Waals surface area contributed by atoms with Gasteiger partial charge in [-0.2, -0.15) is 0 Å². The molecule has 2 atom stereocenters. The van der Waals surface area contributed by atoms with Gasteiger partial charge in [0.2, 0.25) is 0 Å². The van der Waals surface area contributed by atoms with Crippen molar-refractivity contribution in [3.05, 3.63) is 29.8 Å². The van der Waals surface area contributed by atoms with Crippen molar-refractivity contribution in [2.45, 2.75) is 45.2 Å². The van der Waals surface area contributed by atoms with Crippen LogP contribution in [-0.4, -0.2) is 43.2 Å². The molecule has 1 aliphatic rings. The van der Waals surface area contributed by atoms with Gasteiger partial charge in [0.1, 0.15) is 0 Å². The molecule has 1 aliphatic heterocycles. The number of hydrogen-bond donors (Lipinski definition) is 1. The maximum absolute atomic E-state index is 12.5. The van der Waals surface area contributed by atoms with Gasteiger partial charge < -0.3 is 15.0 Å². The highest BCUT2D eigenvalue weighted by Crippen LogP contribution is 2.20. The summed E-state index contributed by atoms with van der Waals surface area (Å²) in [7, 11) is 1.69. The van der Waals surface area contributed by atoms with E-state index in [1.165, 1.54) is 6.42 Å². The van der Waals surface area contributed by atoms with Gasteiger partial charge in [-0.25, -0.2) is 0 Å². The number of nitrogens with zero attached hydrogens (tertiary/aromatic N) is 1. The highest BCUT2D eigenvalue weighted by atomic mass is 16.5. The summed E-state index contributed by atoms with van der Waals surface area (Å²) in [5.74, 6) is 0.152. The van der Waals surface area contributed by atoms with Crippen LogP contribution in [0.2, 0.25) is 0 Å². The molecule has 0 unspecified atom stereocenters. The Balaban J connectivity index is 1.99. The molecule has 1 N–H and O–H groups in total. The van der Waals surface area contributed by atoms with Crippen molar-refractivity contribution in [1.82, 2.24) is 4.90 Å². The average molecular weight is 290 g/mol. The van der Waals surface area contributed by atoms with Gasteiger partial charge in [0.05, 0.1) is 6.61 Å². The highest BCUT2D eigenvalue weighted by molar-refractivity contribution is 5.94. The Kier molecular flexibility index (Phi) is 5.62. The number of benzene rings is 1. The Morgan fingerprint density at radius 3 is 2.71 bits per heavy atom. The van der Waals surface area contributed by atoms with E-state index in [4.69, 9.17) is 4.74 Å². The first-order valence-corrected chi connectivity index (χ1v) is 7.78. The molecule has 0 bridgehead atoms. The Labute approximate surface area is 127 Å². The normalized spacial score (nSPS) is 20.1. The molecule has 0 radical (unpaired) electrons. The smallest absolute Gasteiger partial charge is 0.254 e. The van der Waals surface area contributed by atoms with Crippen LogP contribution in [-0.2, 0) is 4.74 Å². The lowest BCUT2D eigenvalue weighted by Gasteiger charge is -2.33. The first-order valence-electron chi connectivity index (χ1n) is 7.78. The summed E-state index contributed by atoms with van der Waals surface area (Å²) in [5, 5.41) is 3.35. The third-order valence-corrected chi connectivity index (χ3v) is 4.03. The molecule has 1 aromatic rings. The molecule has 0 aromatic heterocycles. The van der Waals surface area contributed by atoms with Crippen molar-refractivity contribution in [3.63, 3.8) is 0 Å². The van der Waals surface area contributed by atoms with Crippen molar-refractivity contribution in [2.75, 3.05) is 25.6 Å². The van der Waals surface area contributed by atoms with E-state index in [1.807, 2.05) is 29.2 Å². The first kappa shape index (κ1) is 15.8. The fraction of sp³-hybridized carbons (Fsp3) is 0.588. The zero-order valence-electron chi connectivity index (χ0n) is 13.3. The molecule has 2 rings (SSSR count). The van der Waals surface area contributed by atoms with Gasteiger partial charge >= 0.3 is 0 Å². The Bertz CT molecular complexity index is 458. The van der Waals surface area contributed by atoms with Crippen molar-refractivity contribution >= 4 is 11.6 Å². The fourth-order valence-corrected chi connectivity index (χ4v) is 2.85. The first-order chi connectivity index (χ1) is 10.1. The van der Waals surface area contributed by atoms with E-state index in [9.17, 15) is 4.79 Å². The highest BCUT2D eigenvalue weighted by Gasteiger charge is 2.23. The molecule has 0 aliphatic carbocycles. The van der Waals surface area contributed by atoms with Crippen molar-refractivity contribution in [2.24, 2.45) is 0 Å². The topological polar surface area (TPSA) is 41.6 Å². The number of likely N-dealkylation sites (tertiary alicyclic amines) is 1. The maximum atomic E-state index is 12.5. The maximum Gasteiger partial charge on any atom is 0.254 e. The SMILES string of the molecule is COC[C@H](C)Nc1ccc(C(=O)N2CCCC[C@@H]2C)cc1. The number of piperidine rings is 1. The van der Waals surface area contributed by atoms with Crippen LogP contribution in [0.25, 0.3) is 0 Å². The molecule has 1 aromatic carbocycles. The van der Waals surface area contributed by atoms with E-state index in [1.54, 1.807) is 7.11 Å². The van der Waals surface area contributed by atoms with Crippen LogP contribution in [0.1, 0.15) is 43.5 Å². The summed E-state index contributed by atoms with van der Waals surface area (Å²) < 4.78 is 5.11. The summed E-state index contributed by atoms with van der Waals surface area (Å²) in [6.45, 7) is 5.74. The minimum atomic E-state index is 0.152.